The number of H-pyrrole nitrogens is 2. The number of hydrogen-bond acceptors (Lipinski definition) is 4. The maximum absolute atomic E-state index is 9.57. The molecule has 2 aromatic carbocycles. The van der Waals surface area contributed by atoms with Crippen LogP contribution in [0.1, 0.15) is 22.5 Å². The molecule has 0 aliphatic carbocycles. The van der Waals surface area contributed by atoms with Gasteiger partial charge in [0.05, 0.1) is 11.9 Å². The summed E-state index contributed by atoms with van der Waals surface area (Å²) in [5.41, 5.74) is 3.39. The van der Waals surface area contributed by atoms with Crippen molar-refractivity contribution in [1.29, 1.82) is 5.26 Å². The molecule has 0 unspecified atom stereocenters. The van der Waals surface area contributed by atoms with Crippen LogP contribution in [0.2, 0.25) is 10.2 Å². The Morgan fingerprint density at radius 3 is 2.69 bits per heavy atom. The van der Waals surface area contributed by atoms with Gasteiger partial charge in [0.15, 0.2) is 5.82 Å². The monoisotopic (exact) mass is 420 g/mol. The van der Waals surface area contributed by atoms with Gasteiger partial charge in [0.2, 0.25) is 0 Å². The van der Waals surface area contributed by atoms with E-state index >= 15 is 0 Å². The van der Waals surface area contributed by atoms with Crippen molar-refractivity contribution in [1.82, 2.24) is 20.2 Å². The predicted octanol–water partition coefficient (Wildman–Crippen LogP) is 5.32. The summed E-state index contributed by atoms with van der Waals surface area (Å²) < 4.78 is 0. The lowest BCUT2D eigenvalue weighted by molar-refractivity contribution is 0.993. The summed E-state index contributed by atoms with van der Waals surface area (Å²) in [6, 6.07) is 19.2. The number of hydrogen-bond donors (Lipinski definition) is 2. The maximum atomic E-state index is 9.57. The number of nitriles is 1. The number of rotatable bonds is 5. The first-order valence-corrected chi connectivity index (χ1v) is 9.46. The summed E-state index contributed by atoms with van der Waals surface area (Å²) >= 11 is 12.3. The molecule has 0 fully saturated rings. The van der Waals surface area contributed by atoms with Crippen LogP contribution in [-0.2, 0) is 6.42 Å². The normalized spacial score (nSPS) is 11.1. The van der Waals surface area contributed by atoms with Gasteiger partial charge >= 0.3 is 0 Å². The molecule has 2 aromatic heterocycles. The minimum atomic E-state index is 0.282. The Morgan fingerprint density at radius 2 is 1.93 bits per heavy atom. The van der Waals surface area contributed by atoms with Crippen molar-refractivity contribution in [2.24, 2.45) is 4.99 Å². The molecule has 4 aromatic rings. The number of nitrogens with zero attached hydrogens (tertiary/aromatic N) is 4. The molecule has 0 saturated carbocycles. The summed E-state index contributed by atoms with van der Waals surface area (Å²) in [6.07, 6.45) is 1.98. The standard InChI is InChI=1S/C21H14Cl2N6/c22-15-8-4-5-13(9-15)10-17-16(11-24)21(29-28-17)25-12-18-19(23)27-20(26-18)14-6-2-1-3-7-14/h1-9,12H,10H2,(H,26,27)(H,28,29). The molecule has 0 aliphatic rings. The van der Waals surface area contributed by atoms with Crippen molar-refractivity contribution in [3.8, 4) is 17.5 Å². The molecule has 4 rings (SSSR count). The van der Waals surface area contributed by atoms with Gasteiger partial charge in [0.25, 0.3) is 0 Å². The van der Waals surface area contributed by atoms with Crippen LogP contribution >= 0.6 is 23.2 Å². The van der Waals surface area contributed by atoms with E-state index in [2.05, 4.69) is 31.2 Å². The second-order valence-corrected chi connectivity index (χ2v) is 7.04. The molecule has 0 spiro atoms. The molecule has 0 radical (unpaired) electrons. The quantitative estimate of drug-likeness (QED) is 0.427. The van der Waals surface area contributed by atoms with E-state index in [1.165, 1.54) is 6.21 Å². The number of nitrogens with one attached hydrogen (secondary N) is 2. The largest absolute Gasteiger partial charge is 0.328 e. The van der Waals surface area contributed by atoms with Crippen molar-refractivity contribution >= 4 is 35.2 Å². The minimum absolute atomic E-state index is 0.282. The van der Waals surface area contributed by atoms with Crippen LogP contribution in [0.4, 0.5) is 5.82 Å². The van der Waals surface area contributed by atoms with Gasteiger partial charge in [0.1, 0.15) is 28.3 Å². The maximum Gasteiger partial charge on any atom is 0.191 e. The lowest BCUT2D eigenvalue weighted by Gasteiger charge is -2.00. The zero-order valence-electron chi connectivity index (χ0n) is 15.0. The van der Waals surface area contributed by atoms with Gasteiger partial charge in [-0.3, -0.25) is 5.10 Å². The van der Waals surface area contributed by atoms with Crippen molar-refractivity contribution in [2.75, 3.05) is 0 Å². The first-order chi connectivity index (χ1) is 14.1. The van der Waals surface area contributed by atoms with Gasteiger partial charge in [-0.25, -0.2) is 9.98 Å². The van der Waals surface area contributed by atoms with Crippen LogP contribution in [0.15, 0.2) is 59.6 Å². The number of aliphatic imine (C=N–C) groups is 1. The van der Waals surface area contributed by atoms with E-state index in [0.717, 1.165) is 11.1 Å². The number of imidazole rings is 1. The first-order valence-electron chi connectivity index (χ1n) is 8.71. The molecular weight excluding hydrogens is 407 g/mol. The summed E-state index contributed by atoms with van der Waals surface area (Å²) in [5.74, 6) is 0.922. The SMILES string of the molecule is N#Cc1c(N=Cc2nc(-c3ccccc3)[nH]c2Cl)n[nH]c1Cc1cccc(Cl)c1. The lowest BCUT2D eigenvalue weighted by atomic mass is 10.1. The van der Waals surface area contributed by atoms with Crippen LogP contribution in [0.5, 0.6) is 0 Å². The molecule has 2 N–H and O–H groups in total. The van der Waals surface area contributed by atoms with Crippen molar-refractivity contribution in [3.63, 3.8) is 0 Å². The number of benzene rings is 2. The highest BCUT2D eigenvalue weighted by Gasteiger charge is 2.14. The summed E-state index contributed by atoms with van der Waals surface area (Å²) in [6.45, 7) is 0. The topological polar surface area (TPSA) is 93.5 Å². The second-order valence-electron chi connectivity index (χ2n) is 6.23. The van der Waals surface area contributed by atoms with Crippen molar-refractivity contribution < 1.29 is 0 Å². The van der Waals surface area contributed by atoms with Gasteiger partial charge in [-0.05, 0) is 17.7 Å². The second kappa shape index (κ2) is 8.31. The number of aromatic amines is 2. The van der Waals surface area contributed by atoms with Crippen LogP contribution in [0.3, 0.4) is 0 Å². The Morgan fingerprint density at radius 1 is 1.10 bits per heavy atom. The minimum Gasteiger partial charge on any atom is -0.328 e. The fourth-order valence-corrected chi connectivity index (χ4v) is 3.26. The number of aromatic nitrogens is 4. The Balaban J connectivity index is 1.59. The summed E-state index contributed by atoms with van der Waals surface area (Å²) in [7, 11) is 0. The molecule has 0 bridgehead atoms. The van der Waals surface area contributed by atoms with Gasteiger partial charge in [0, 0.05) is 17.0 Å². The highest BCUT2D eigenvalue weighted by molar-refractivity contribution is 6.32. The van der Waals surface area contributed by atoms with E-state index in [1.54, 1.807) is 6.07 Å². The van der Waals surface area contributed by atoms with E-state index in [4.69, 9.17) is 23.2 Å². The average molecular weight is 421 g/mol. The van der Waals surface area contributed by atoms with E-state index in [0.29, 0.717) is 39.4 Å². The van der Waals surface area contributed by atoms with E-state index in [9.17, 15) is 5.26 Å². The van der Waals surface area contributed by atoms with Gasteiger partial charge in [-0.15, -0.1) is 0 Å². The molecule has 0 saturated heterocycles. The molecule has 142 valence electrons. The molecule has 0 atom stereocenters. The van der Waals surface area contributed by atoms with Crippen LogP contribution in [0, 0.1) is 11.3 Å². The Labute approximate surface area is 176 Å². The molecule has 0 amide bonds. The summed E-state index contributed by atoms with van der Waals surface area (Å²) in [4.78, 5) is 11.8. The van der Waals surface area contributed by atoms with Gasteiger partial charge in [-0.1, -0.05) is 65.7 Å². The third kappa shape index (κ3) is 4.21. The Hall–Kier alpha value is -3.40. The Kier molecular flexibility index (Phi) is 5.43. The fourth-order valence-electron chi connectivity index (χ4n) is 2.86. The molecular formula is C21H14Cl2N6. The summed E-state index contributed by atoms with van der Waals surface area (Å²) in [5, 5.41) is 17.6. The molecule has 6 nitrogen and oxygen atoms in total. The smallest absolute Gasteiger partial charge is 0.191 e. The van der Waals surface area contributed by atoms with Crippen molar-refractivity contribution in [2.45, 2.75) is 6.42 Å². The highest BCUT2D eigenvalue weighted by Crippen LogP contribution is 2.24. The van der Waals surface area contributed by atoms with E-state index < -0.39 is 0 Å². The van der Waals surface area contributed by atoms with Crippen molar-refractivity contribution in [3.05, 3.63) is 87.3 Å². The van der Waals surface area contributed by atoms with Crippen LogP contribution in [-0.4, -0.2) is 26.4 Å². The lowest BCUT2D eigenvalue weighted by Crippen LogP contribution is -1.91. The average Bonchev–Trinajstić information content (AvgIpc) is 3.29. The predicted molar refractivity (Wildman–Crippen MR) is 114 cm³/mol. The Bertz CT molecular complexity index is 1220. The molecule has 29 heavy (non-hydrogen) atoms. The third-order valence-electron chi connectivity index (χ3n) is 4.25. The fraction of sp³-hybridized carbons (Fsp3) is 0.0476. The molecule has 8 heteroatoms. The van der Waals surface area contributed by atoms with E-state index in [1.807, 2.05) is 48.5 Å². The zero-order valence-corrected chi connectivity index (χ0v) is 16.5. The number of halogens is 2. The van der Waals surface area contributed by atoms with Gasteiger partial charge < -0.3 is 4.98 Å². The highest BCUT2D eigenvalue weighted by atomic mass is 35.5. The third-order valence-corrected chi connectivity index (χ3v) is 4.77. The van der Waals surface area contributed by atoms with E-state index in [-0.39, 0.29) is 5.82 Å². The molecule has 2 heterocycles. The van der Waals surface area contributed by atoms with Crippen LogP contribution < -0.4 is 0 Å². The zero-order chi connectivity index (χ0) is 20.2. The first kappa shape index (κ1) is 18.9. The van der Waals surface area contributed by atoms with Crippen LogP contribution in [0.25, 0.3) is 11.4 Å². The van der Waals surface area contributed by atoms with Gasteiger partial charge in [-0.2, -0.15) is 10.4 Å². The molecule has 0 aliphatic heterocycles.